The van der Waals surface area contributed by atoms with Crippen LogP contribution in [0.15, 0.2) is 48.5 Å². The Hall–Kier alpha value is -3.14. The standard InChI is InChI=1S/C21H29N5O4/c1-26(13-16-9-5-6-10-18(16)30-2)21(29)25-17(19(27)28)11-14-7-3-4-8-15(14)12-24-20(22)23/h3-10,17,21,25,29H,11-13H2,1-2H3,(H,27,28)(H4,22,23,24)/t17-,21?/m0/s1. The number of methoxy groups -OCH3 is 1. The summed E-state index contributed by atoms with van der Waals surface area (Å²) in [4.78, 5) is 13.4. The van der Waals surface area contributed by atoms with E-state index in [4.69, 9.17) is 15.9 Å². The fourth-order valence-electron chi connectivity index (χ4n) is 3.05. The van der Waals surface area contributed by atoms with Crippen LogP contribution in [-0.2, 0) is 24.3 Å². The molecule has 9 heteroatoms. The molecule has 0 radical (unpaired) electrons. The van der Waals surface area contributed by atoms with Crippen LogP contribution in [-0.4, -0.2) is 53.6 Å². The number of carboxylic acid groups (broad SMARTS) is 1. The van der Waals surface area contributed by atoms with E-state index in [0.29, 0.717) is 18.8 Å². The van der Waals surface area contributed by atoms with E-state index >= 15 is 0 Å². The number of nitrogens with zero attached hydrogens (tertiary/aromatic N) is 1. The summed E-state index contributed by atoms with van der Waals surface area (Å²) in [5.41, 5.74) is 7.83. The van der Waals surface area contributed by atoms with Crippen LogP contribution in [0.3, 0.4) is 0 Å². The van der Waals surface area contributed by atoms with Crippen molar-refractivity contribution in [3.8, 4) is 5.75 Å². The maximum Gasteiger partial charge on any atom is 0.321 e. The zero-order valence-corrected chi connectivity index (χ0v) is 17.1. The van der Waals surface area contributed by atoms with Crippen LogP contribution >= 0.6 is 0 Å². The average molecular weight is 415 g/mol. The zero-order valence-electron chi connectivity index (χ0n) is 17.1. The number of benzene rings is 2. The fraction of sp³-hybridized carbons (Fsp3) is 0.333. The van der Waals surface area contributed by atoms with E-state index in [1.807, 2.05) is 48.5 Å². The first-order valence-electron chi connectivity index (χ1n) is 9.45. The van der Waals surface area contributed by atoms with E-state index in [0.717, 1.165) is 16.7 Å². The summed E-state index contributed by atoms with van der Waals surface area (Å²) < 4.78 is 5.32. The highest BCUT2D eigenvalue weighted by Crippen LogP contribution is 2.19. The van der Waals surface area contributed by atoms with Crippen molar-refractivity contribution in [1.82, 2.24) is 15.5 Å². The number of aliphatic hydroxyl groups is 1. The Labute approximate surface area is 176 Å². The first-order valence-corrected chi connectivity index (χ1v) is 9.45. The van der Waals surface area contributed by atoms with Crippen LogP contribution < -0.4 is 21.1 Å². The summed E-state index contributed by atoms with van der Waals surface area (Å²) >= 11 is 0. The van der Waals surface area contributed by atoms with E-state index in [1.54, 1.807) is 19.1 Å². The maximum atomic E-state index is 11.8. The molecule has 162 valence electrons. The number of para-hydroxylation sites is 1. The molecule has 0 heterocycles. The first-order chi connectivity index (χ1) is 14.3. The lowest BCUT2D eigenvalue weighted by molar-refractivity contribution is -0.142. The molecule has 2 rings (SSSR count). The molecular weight excluding hydrogens is 386 g/mol. The highest BCUT2D eigenvalue weighted by atomic mass is 16.5. The lowest BCUT2D eigenvalue weighted by Gasteiger charge is -2.28. The summed E-state index contributed by atoms with van der Waals surface area (Å²) in [6.07, 6.45) is -1.02. The SMILES string of the molecule is COc1ccccc1CN(C)C(O)N[C@@H](Cc1ccccc1CNC(=N)N)C(=O)O. The second kappa shape index (κ2) is 11.1. The predicted octanol–water partition coefficient (Wildman–Crippen LogP) is 0.671. The van der Waals surface area contributed by atoms with Gasteiger partial charge in [0, 0.05) is 18.7 Å². The number of hydrogen-bond acceptors (Lipinski definition) is 6. The van der Waals surface area contributed by atoms with Crippen molar-refractivity contribution in [1.29, 1.82) is 5.41 Å². The van der Waals surface area contributed by atoms with Crippen molar-refractivity contribution < 1.29 is 19.7 Å². The van der Waals surface area contributed by atoms with Crippen LogP contribution in [0.5, 0.6) is 5.75 Å². The third-order valence-corrected chi connectivity index (χ3v) is 4.69. The van der Waals surface area contributed by atoms with Gasteiger partial charge in [-0.15, -0.1) is 0 Å². The molecule has 0 saturated carbocycles. The summed E-state index contributed by atoms with van der Waals surface area (Å²) in [7, 11) is 3.26. The van der Waals surface area contributed by atoms with E-state index in [-0.39, 0.29) is 12.4 Å². The van der Waals surface area contributed by atoms with Gasteiger partial charge in [-0.3, -0.25) is 20.4 Å². The van der Waals surface area contributed by atoms with Gasteiger partial charge in [0.25, 0.3) is 0 Å². The molecule has 30 heavy (non-hydrogen) atoms. The highest BCUT2D eigenvalue weighted by Gasteiger charge is 2.24. The van der Waals surface area contributed by atoms with Gasteiger partial charge in [0.05, 0.1) is 7.11 Å². The Bertz CT molecular complexity index is 861. The highest BCUT2D eigenvalue weighted by molar-refractivity contribution is 5.75. The van der Waals surface area contributed by atoms with E-state index in [9.17, 15) is 15.0 Å². The Kier molecular flexibility index (Phi) is 8.60. The van der Waals surface area contributed by atoms with Gasteiger partial charge in [0.1, 0.15) is 11.8 Å². The summed E-state index contributed by atoms with van der Waals surface area (Å²) in [6, 6.07) is 13.7. The van der Waals surface area contributed by atoms with Gasteiger partial charge in [0.15, 0.2) is 12.3 Å². The monoisotopic (exact) mass is 415 g/mol. The number of aliphatic hydroxyl groups excluding tert-OH is 1. The zero-order chi connectivity index (χ0) is 22.1. The number of hydrogen-bond donors (Lipinski definition) is 6. The lowest BCUT2D eigenvalue weighted by atomic mass is 10.00. The molecule has 0 aliphatic rings. The van der Waals surface area contributed by atoms with Crippen LogP contribution in [0.1, 0.15) is 16.7 Å². The van der Waals surface area contributed by atoms with Crippen molar-refractivity contribution >= 4 is 11.9 Å². The number of rotatable bonds is 11. The van der Waals surface area contributed by atoms with Gasteiger partial charge in [-0.1, -0.05) is 42.5 Å². The van der Waals surface area contributed by atoms with Crippen molar-refractivity contribution in [2.75, 3.05) is 14.2 Å². The van der Waals surface area contributed by atoms with Crippen molar-refractivity contribution in [2.24, 2.45) is 5.73 Å². The van der Waals surface area contributed by atoms with E-state index < -0.39 is 18.4 Å². The van der Waals surface area contributed by atoms with Crippen molar-refractivity contribution in [2.45, 2.75) is 31.9 Å². The van der Waals surface area contributed by atoms with Crippen LogP contribution in [0.25, 0.3) is 0 Å². The normalized spacial score (nSPS) is 12.9. The molecule has 7 N–H and O–H groups in total. The Morgan fingerprint density at radius 3 is 2.37 bits per heavy atom. The number of guanidine groups is 1. The average Bonchev–Trinajstić information content (AvgIpc) is 2.72. The molecule has 2 aromatic rings. The molecular formula is C21H29N5O4. The van der Waals surface area contributed by atoms with Crippen LogP contribution in [0, 0.1) is 5.41 Å². The van der Waals surface area contributed by atoms with Gasteiger partial charge < -0.3 is 26.0 Å². The summed E-state index contributed by atoms with van der Waals surface area (Å²) in [5, 5.41) is 33.0. The minimum absolute atomic E-state index is 0.157. The number of nitrogens with two attached hydrogens (primary N) is 1. The third-order valence-electron chi connectivity index (χ3n) is 4.69. The summed E-state index contributed by atoms with van der Waals surface area (Å²) in [6.45, 7) is 0.678. The van der Waals surface area contributed by atoms with Gasteiger partial charge >= 0.3 is 5.97 Å². The van der Waals surface area contributed by atoms with Gasteiger partial charge in [-0.25, -0.2) is 0 Å². The van der Waals surface area contributed by atoms with Crippen molar-refractivity contribution in [3.05, 3.63) is 65.2 Å². The van der Waals surface area contributed by atoms with E-state index in [1.165, 1.54) is 0 Å². The predicted molar refractivity (Wildman–Crippen MR) is 114 cm³/mol. The number of carbonyl (C=O) groups is 1. The topological polar surface area (TPSA) is 144 Å². The molecule has 0 fully saturated rings. The maximum absolute atomic E-state index is 11.8. The molecule has 0 saturated heterocycles. The smallest absolute Gasteiger partial charge is 0.321 e. The minimum atomic E-state index is -1.18. The Balaban J connectivity index is 2.06. The quantitative estimate of drug-likeness (QED) is 0.179. The molecule has 1 unspecified atom stereocenters. The Morgan fingerprint density at radius 1 is 1.17 bits per heavy atom. The first kappa shape index (κ1) is 23.1. The van der Waals surface area contributed by atoms with Crippen LogP contribution in [0.4, 0.5) is 0 Å². The fourth-order valence-corrected chi connectivity index (χ4v) is 3.05. The molecule has 0 spiro atoms. The van der Waals surface area contributed by atoms with Gasteiger partial charge in [-0.2, -0.15) is 0 Å². The van der Waals surface area contributed by atoms with Gasteiger partial charge in [-0.05, 0) is 30.7 Å². The molecule has 0 bridgehead atoms. The molecule has 2 atom stereocenters. The van der Waals surface area contributed by atoms with E-state index in [2.05, 4.69) is 10.6 Å². The molecule has 0 amide bonds. The summed E-state index contributed by atoms with van der Waals surface area (Å²) in [5.74, 6) is -0.543. The lowest BCUT2D eigenvalue weighted by Crippen LogP contribution is -2.51. The molecule has 0 aliphatic carbocycles. The van der Waals surface area contributed by atoms with Gasteiger partial charge in [0.2, 0.25) is 0 Å². The second-order valence-corrected chi connectivity index (χ2v) is 6.90. The Morgan fingerprint density at radius 2 is 1.77 bits per heavy atom. The molecule has 0 aromatic heterocycles. The second-order valence-electron chi connectivity index (χ2n) is 6.90. The van der Waals surface area contributed by atoms with Crippen molar-refractivity contribution in [3.63, 3.8) is 0 Å². The third kappa shape index (κ3) is 6.73. The minimum Gasteiger partial charge on any atom is -0.496 e. The number of nitrogens with one attached hydrogen (secondary N) is 3. The molecule has 0 aliphatic heterocycles. The number of aliphatic carboxylic acids is 1. The molecule has 2 aromatic carbocycles. The largest absolute Gasteiger partial charge is 0.496 e. The number of ether oxygens (including phenoxy) is 1. The number of carboxylic acids is 1. The van der Waals surface area contributed by atoms with Crippen LogP contribution in [0.2, 0.25) is 0 Å². The molecule has 9 nitrogen and oxygen atoms in total.